The molecular formula is C24H28N2O6S2. The topological polar surface area (TPSA) is 110 Å². The Morgan fingerprint density at radius 3 is 2.41 bits per heavy atom. The zero-order valence-corrected chi connectivity index (χ0v) is 20.7. The number of hydrogen-bond acceptors (Lipinski definition) is 7. The quantitative estimate of drug-likeness (QED) is 0.523. The minimum absolute atomic E-state index is 0.0202. The van der Waals surface area contributed by atoms with Crippen LogP contribution in [0, 0.1) is 6.92 Å². The zero-order valence-electron chi connectivity index (χ0n) is 19.1. The Bertz CT molecular complexity index is 1120. The van der Waals surface area contributed by atoms with Gasteiger partial charge in [0.1, 0.15) is 5.25 Å². The van der Waals surface area contributed by atoms with Crippen molar-refractivity contribution < 1.29 is 27.5 Å². The molecule has 10 heteroatoms. The van der Waals surface area contributed by atoms with Gasteiger partial charge in [0, 0.05) is 11.4 Å². The van der Waals surface area contributed by atoms with Crippen LogP contribution < -0.4 is 10.2 Å². The molecule has 0 aliphatic carbocycles. The lowest BCUT2D eigenvalue weighted by Gasteiger charge is -2.28. The Hall–Kier alpha value is -2.85. The van der Waals surface area contributed by atoms with Gasteiger partial charge in [-0.05, 0) is 44.5 Å². The van der Waals surface area contributed by atoms with Crippen molar-refractivity contribution in [2.24, 2.45) is 0 Å². The standard InChI is InChI=1S/C24H28N2O6S2/c1-17-8-10-19(11-9-17)25-22(27)15-33-18(2)24(29)32-14-23(28)26(20-6-4-3-5-7-20)21-12-13-34(30,31)16-21/h3-11,18,21H,12-16H2,1-2H3,(H,25,27)/t18-,21+/m0/s1. The van der Waals surface area contributed by atoms with E-state index in [0.717, 1.165) is 17.3 Å². The summed E-state index contributed by atoms with van der Waals surface area (Å²) in [6.07, 6.45) is 0.333. The highest BCUT2D eigenvalue weighted by molar-refractivity contribution is 8.01. The van der Waals surface area contributed by atoms with Gasteiger partial charge in [0.05, 0.1) is 23.3 Å². The number of amides is 2. The lowest BCUT2D eigenvalue weighted by atomic mass is 10.2. The second-order valence-electron chi connectivity index (χ2n) is 8.13. The molecule has 0 bridgehead atoms. The maximum atomic E-state index is 12.9. The van der Waals surface area contributed by atoms with Gasteiger partial charge in [0.15, 0.2) is 16.4 Å². The van der Waals surface area contributed by atoms with Crippen molar-refractivity contribution in [3.8, 4) is 0 Å². The molecule has 2 amide bonds. The predicted octanol–water partition coefficient (Wildman–Crippen LogP) is 2.82. The van der Waals surface area contributed by atoms with E-state index >= 15 is 0 Å². The first-order valence-corrected chi connectivity index (χ1v) is 13.7. The summed E-state index contributed by atoms with van der Waals surface area (Å²) in [5.74, 6) is -1.41. The van der Waals surface area contributed by atoms with E-state index in [0.29, 0.717) is 17.8 Å². The molecule has 1 fully saturated rings. The zero-order chi connectivity index (χ0) is 24.7. The van der Waals surface area contributed by atoms with Gasteiger partial charge < -0.3 is 15.0 Å². The van der Waals surface area contributed by atoms with Gasteiger partial charge in [-0.2, -0.15) is 0 Å². The van der Waals surface area contributed by atoms with Crippen molar-refractivity contribution >= 4 is 50.8 Å². The van der Waals surface area contributed by atoms with Crippen molar-refractivity contribution in [2.75, 3.05) is 34.1 Å². The molecule has 2 aromatic carbocycles. The van der Waals surface area contributed by atoms with Crippen molar-refractivity contribution in [3.63, 3.8) is 0 Å². The number of sulfone groups is 1. The van der Waals surface area contributed by atoms with Crippen molar-refractivity contribution in [1.82, 2.24) is 0 Å². The Labute approximate surface area is 204 Å². The Morgan fingerprint density at radius 2 is 1.79 bits per heavy atom. The number of anilines is 2. The molecule has 1 N–H and O–H groups in total. The van der Waals surface area contributed by atoms with E-state index in [1.807, 2.05) is 19.1 Å². The second kappa shape index (κ2) is 11.5. The fourth-order valence-corrected chi connectivity index (χ4v) is 5.93. The average Bonchev–Trinajstić information content (AvgIpc) is 3.17. The third-order valence-electron chi connectivity index (χ3n) is 5.35. The summed E-state index contributed by atoms with van der Waals surface area (Å²) in [7, 11) is -3.21. The molecule has 0 saturated carbocycles. The predicted molar refractivity (Wildman–Crippen MR) is 134 cm³/mol. The fourth-order valence-electron chi connectivity index (χ4n) is 3.55. The molecule has 1 saturated heterocycles. The third-order valence-corrected chi connectivity index (χ3v) is 8.22. The van der Waals surface area contributed by atoms with Crippen molar-refractivity contribution in [3.05, 3.63) is 60.2 Å². The third kappa shape index (κ3) is 7.33. The van der Waals surface area contributed by atoms with Crippen LogP contribution in [0.5, 0.6) is 0 Å². The monoisotopic (exact) mass is 504 g/mol. The van der Waals surface area contributed by atoms with Crippen LogP contribution in [0.4, 0.5) is 11.4 Å². The summed E-state index contributed by atoms with van der Waals surface area (Å²) in [5, 5.41) is 2.10. The summed E-state index contributed by atoms with van der Waals surface area (Å²) < 4.78 is 29.1. The van der Waals surface area contributed by atoms with E-state index in [4.69, 9.17) is 4.74 Å². The summed E-state index contributed by atoms with van der Waals surface area (Å²) in [6.45, 7) is 3.05. The Morgan fingerprint density at radius 1 is 1.12 bits per heavy atom. The fraction of sp³-hybridized carbons (Fsp3) is 0.375. The number of carbonyl (C=O) groups is 3. The molecule has 8 nitrogen and oxygen atoms in total. The normalized spacial score (nSPS) is 17.5. The molecule has 34 heavy (non-hydrogen) atoms. The van der Waals surface area contributed by atoms with E-state index in [2.05, 4.69) is 5.32 Å². The van der Waals surface area contributed by atoms with Crippen LogP contribution in [0.25, 0.3) is 0 Å². The van der Waals surface area contributed by atoms with Crippen LogP contribution in [-0.4, -0.2) is 61.4 Å². The lowest BCUT2D eigenvalue weighted by Crippen LogP contribution is -2.44. The Kier molecular flexibility index (Phi) is 8.73. The molecule has 2 aromatic rings. The lowest BCUT2D eigenvalue weighted by molar-refractivity contribution is -0.147. The smallest absolute Gasteiger partial charge is 0.319 e. The first kappa shape index (κ1) is 25.8. The highest BCUT2D eigenvalue weighted by Crippen LogP contribution is 2.25. The maximum absolute atomic E-state index is 12.9. The highest BCUT2D eigenvalue weighted by atomic mass is 32.2. The minimum Gasteiger partial charge on any atom is -0.455 e. The van der Waals surface area contributed by atoms with Crippen LogP contribution in [0.1, 0.15) is 18.9 Å². The number of ether oxygens (including phenoxy) is 1. The number of carbonyl (C=O) groups excluding carboxylic acids is 3. The van der Waals surface area contributed by atoms with E-state index in [-0.39, 0.29) is 23.2 Å². The SMILES string of the molecule is Cc1ccc(NC(=O)CS[C@@H](C)C(=O)OCC(=O)N(c2ccccc2)[C@@H]2CCS(=O)(=O)C2)cc1. The van der Waals surface area contributed by atoms with Crippen LogP contribution >= 0.6 is 11.8 Å². The number of benzene rings is 2. The number of para-hydroxylation sites is 1. The molecule has 0 spiro atoms. The molecule has 0 unspecified atom stereocenters. The number of nitrogens with zero attached hydrogens (tertiary/aromatic N) is 1. The van der Waals surface area contributed by atoms with E-state index < -0.39 is 39.6 Å². The van der Waals surface area contributed by atoms with Gasteiger partial charge in [-0.15, -0.1) is 11.8 Å². The van der Waals surface area contributed by atoms with E-state index in [1.165, 1.54) is 4.90 Å². The molecular weight excluding hydrogens is 476 g/mol. The largest absolute Gasteiger partial charge is 0.455 e. The first-order valence-electron chi connectivity index (χ1n) is 10.9. The molecule has 182 valence electrons. The molecule has 0 aromatic heterocycles. The van der Waals surface area contributed by atoms with Crippen LogP contribution in [0.2, 0.25) is 0 Å². The summed E-state index contributed by atoms with van der Waals surface area (Å²) in [5.41, 5.74) is 2.31. The number of aryl methyl sites for hydroxylation is 1. The van der Waals surface area contributed by atoms with Crippen LogP contribution in [0.3, 0.4) is 0 Å². The highest BCUT2D eigenvalue weighted by Gasteiger charge is 2.36. The minimum atomic E-state index is -3.21. The number of rotatable bonds is 9. The molecule has 3 rings (SSSR count). The van der Waals surface area contributed by atoms with Gasteiger partial charge in [-0.1, -0.05) is 35.9 Å². The first-order chi connectivity index (χ1) is 16.1. The average molecular weight is 505 g/mol. The molecule has 1 heterocycles. The number of thioether (sulfide) groups is 1. The summed E-state index contributed by atoms with van der Waals surface area (Å²) in [4.78, 5) is 38.9. The van der Waals surface area contributed by atoms with Crippen molar-refractivity contribution in [2.45, 2.75) is 31.6 Å². The summed E-state index contributed by atoms with van der Waals surface area (Å²) >= 11 is 1.11. The van der Waals surface area contributed by atoms with Gasteiger partial charge in [0.25, 0.3) is 5.91 Å². The van der Waals surface area contributed by atoms with Crippen molar-refractivity contribution in [1.29, 1.82) is 0 Å². The summed E-state index contributed by atoms with van der Waals surface area (Å²) in [6, 6.07) is 15.6. The van der Waals surface area contributed by atoms with E-state index in [9.17, 15) is 22.8 Å². The van der Waals surface area contributed by atoms with Crippen LogP contribution in [-0.2, 0) is 29.0 Å². The Balaban J connectivity index is 1.52. The van der Waals surface area contributed by atoms with E-state index in [1.54, 1.807) is 49.4 Å². The number of hydrogen-bond donors (Lipinski definition) is 1. The van der Waals surface area contributed by atoms with Gasteiger partial charge in [-0.3, -0.25) is 14.4 Å². The molecule has 1 aliphatic heterocycles. The number of esters is 1. The van der Waals surface area contributed by atoms with Crippen LogP contribution in [0.15, 0.2) is 54.6 Å². The van der Waals surface area contributed by atoms with Gasteiger partial charge >= 0.3 is 5.97 Å². The molecule has 2 atom stereocenters. The second-order valence-corrected chi connectivity index (χ2v) is 11.7. The van der Waals surface area contributed by atoms with Gasteiger partial charge in [-0.25, -0.2) is 8.42 Å². The number of nitrogens with one attached hydrogen (secondary N) is 1. The maximum Gasteiger partial charge on any atom is 0.319 e. The molecule has 0 radical (unpaired) electrons. The van der Waals surface area contributed by atoms with Gasteiger partial charge in [0.2, 0.25) is 5.91 Å². The molecule has 1 aliphatic rings.